The lowest BCUT2D eigenvalue weighted by Gasteiger charge is -2.34. The van der Waals surface area contributed by atoms with Crippen molar-refractivity contribution in [1.82, 2.24) is 0 Å². The van der Waals surface area contributed by atoms with E-state index in [1.807, 2.05) is 0 Å². The molecule has 0 amide bonds. The fraction of sp³-hybridized carbons (Fsp3) is 0.217. The zero-order valence-corrected chi connectivity index (χ0v) is 16.9. The molecule has 3 aromatic rings. The molecular weight excluding hydrogens is 320 g/mol. The van der Waals surface area contributed by atoms with Gasteiger partial charge in [-0.25, -0.2) is 0 Å². The molecule has 0 bridgehead atoms. The maximum Gasteiger partial charge on any atom is 0.146 e. The standard InChI is InChI=1S/C23H26OSi/c25-24-23(18-21-12-6-2-7-13-21,19-22-14-8-3-9-15-22)17-16-20-10-4-1-5-11-20/h1-15H,16-19H2,25H3. The predicted molar refractivity (Wildman–Crippen MR) is 109 cm³/mol. The molecular formula is C23H26OSi. The van der Waals surface area contributed by atoms with Gasteiger partial charge in [-0.2, -0.15) is 0 Å². The van der Waals surface area contributed by atoms with Crippen molar-refractivity contribution >= 4 is 10.5 Å². The van der Waals surface area contributed by atoms with E-state index in [1.165, 1.54) is 16.7 Å². The molecule has 0 aliphatic rings. The molecule has 0 radical (unpaired) electrons. The van der Waals surface area contributed by atoms with Crippen LogP contribution in [0.25, 0.3) is 0 Å². The van der Waals surface area contributed by atoms with Gasteiger partial charge in [0.2, 0.25) is 0 Å². The largest absolute Gasteiger partial charge is 0.422 e. The zero-order valence-electron chi connectivity index (χ0n) is 14.9. The van der Waals surface area contributed by atoms with Gasteiger partial charge in [0.05, 0.1) is 5.60 Å². The maximum absolute atomic E-state index is 6.31. The van der Waals surface area contributed by atoms with E-state index in [9.17, 15) is 0 Å². The maximum atomic E-state index is 6.31. The van der Waals surface area contributed by atoms with Gasteiger partial charge in [-0.3, -0.25) is 0 Å². The van der Waals surface area contributed by atoms with Gasteiger partial charge in [-0.05, 0) is 29.5 Å². The van der Waals surface area contributed by atoms with Crippen LogP contribution in [0.1, 0.15) is 23.1 Å². The second kappa shape index (κ2) is 8.79. The van der Waals surface area contributed by atoms with Crippen LogP contribution >= 0.6 is 0 Å². The highest BCUT2D eigenvalue weighted by atomic mass is 28.2. The first-order chi connectivity index (χ1) is 12.3. The third-order valence-electron chi connectivity index (χ3n) is 4.88. The van der Waals surface area contributed by atoms with E-state index in [2.05, 4.69) is 91.0 Å². The summed E-state index contributed by atoms with van der Waals surface area (Å²) in [6, 6.07) is 32.2. The van der Waals surface area contributed by atoms with E-state index in [-0.39, 0.29) is 5.60 Å². The second-order valence-corrected chi connectivity index (χ2v) is 7.11. The molecule has 0 N–H and O–H groups in total. The van der Waals surface area contributed by atoms with Crippen LogP contribution in [-0.4, -0.2) is 16.1 Å². The number of hydrogen-bond acceptors (Lipinski definition) is 1. The SMILES string of the molecule is [SiH3]OC(CCc1ccccc1)(Cc1ccccc1)Cc1ccccc1. The highest BCUT2D eigenvalue weighted by Gasteiger charge is 2.29. The molecule has 0 saturated heterocycles. The number of aryl methyl sites for hydroxylation is 1. The Morgan fingerprint density at radius 3 is 1.40 bits per heavy atom. The molecule has 1 nitrogen and oxygen atoms in total. The fourth-order valence-corrected chi connectivity index (χ4v) is 3.93. The van der Waals surface area contributed by atoms with Crippen LogP contribution in [0.15, 0.2) is 91.0 Å². The summed E-state index contributed by atoms with van der Waals surface area (Å²) in [6.07, 6.45) is 3.99. The Labute approximate surface area is 154 Å². The van der Waals surface area contributed by atoms with Crippen molar-refractivity contribution < 1.29 is 4.43 Å². The van der Waals surface area contributed by atoms with Gasteiger partial charge in [0, 0.05) is 12.8 Å². The Morgan fingerprint density at radius 1 is 0.600 bits per heavy atom. The van der Waals surface area contributed by atoms with Crippen LogP contribution < -0.4 is 0 Å². The molecule has 25 heavy (non-hydrogen) atoms. The Hall–Kier alpha value is -2.16. The minimum atomic E-state index is -0.134. The monoisotopic (exact) mass is 346 g/mol. The summed E-state index contributed by atoms with van der Waals surface area (Å²) in [6.45, 7) is 0. The average Bonchev–Trinajstić information content (AvgIpc) is 2.68. The Balaban J connectivity index is 1.82. The first kappa shape index (κ1) is 17.7. The van der Waals surface area contributed by atoms with Crippen molar-refractivity contribution in [1.29, 1.82) is 0 Å². The highest BCUT2D eigenvalue weighted by molar-refractivity contribution is 5.98. The van der Waals surface area contributed by atoms with Gasteiger partial charge in [-0.15, -0.1) is 0 Å². The van der Waals surface area contributed by atoms with E-state index in [0.717, 1.165) is 36.2 Å². The van der Waals surface area contributed by atoms with Gasteiger partial charge in [0.25, 0.3) is 0 Å². The second-order valence-electron chi connectivity index (χ2n) is 6.70. The summed E-state index contributed by atoms with van der Waals surface area (Å²) >= 11 is 0. The summed E-state index contributed by atoms with van der Waals surface area (Å²) in [5.41, 5.74) is 3.95. The van der Waals surface area contributed by atoms with E-state index in [1.54, 1.807) is 0 Å². The van der Waals surface area contributed by atoms with E-state index in [4.69, 9.17) is 4.43 Å². The molecule has 0 unspecified atom stereocenters. The first-order valence-electron chi connectivity index (χ1n) is 8.97. The zero-order chi connectivity index (χ0) is 17.4. The average molecular weight is 347 g/mol. The van der Waals surface area contributed by atoms with Crippen LogP contribution in [0, 0.1) is 0 Å². The lowest BCUT2D eigenvalue weighted by atomic mass is 9.83. The van der Waals surface area contributed by atoms with Crippen LogP contribution in [0.4, 0.5) is 0 Å². The van der Waals surface area contributed by atoms with Crippen LogP contribution in [0.5, 0.6) is 0 Å². The smallest absolute Gasteiger partial charge is 0.146 e. The molecule has 0 aliphatic heterocycles. The topological polar surface area (TPSA) is 9.23 Å². The molecule has 0 saturated carbocycles. The molecule has 0 aromatic heterocycles. The molecule has 3 rings (SSSR count). The third-order valence-corrected chi connectivity index (χ3v) is 5.75. The van der Waals surface area contributed by atoms with Crippen molar-refractivity contribution in [2.75, 3.05) is 0 Å². The summed E-state index contributed by atoms with van der Waals surface area (Å²) in [7, 11) is 0.744. The van der Waals surface area contributed by atoms with Crippen molar-refractivity contribution in [3.63, 3.8) is 0 Å². The quantitative estimate of drug-likeness (QED) is 0.557. The summed E-state index contributed by atoms with van der Waals surface area (Å²) in [5, 5.41) is 0. The van der Waals surface area contributed by atoms with Crippen LogP contribution in [-0.2, 0) is 23.7 Å². The van der Waals surface area contributed by atoms with Gasteiger partial charge in [-0.1, -0.05) is 91.0 Å². The molecule has 3 aromatic carbocycles. The lowest BCUT2D eigenvalue weighted by molar-refractivity contribution is 0.0707. The first-order valence-corrected chi connectivity index (χ1v) is 9.78. The van der Waals surface area contributed by atoms with Crippen molar-refractivity contribution in [3.05, 3.63) is 108 Å². The Morgan fingerprint density at radius 2 is 1.00 bits per heavy atom. The van der Waals surface area contributed by atoms with Crippen LogP contribution in [0.3, 0.4) is 0 Å². The molecule has 0 spiro atoms. The van der Waals surface area contributed by atoms with E-state index >= 15 is 0 Å². The Kier molecular flexibility index (Phi) is 6.21. The van der Waals surface area contributed by atoms with Gasteiger partial charge >= 0.3 is 0 Å². The van der Waals surface area contributed by atoms with E-state index < -0.39 is 0 Å². The third kappa shape index (κ3) is 5.15. The minimum Gasteiger partial charge on any atom is -0.422 e. The molecule has 0 fully saturated rings. The van der Waals surface area contributed by atoms with Crippen molar-refractivity contribution in [3.8, 4) is 0 Å². The van der Waals surface area contributed by atoms with Gasteiger partial charge in [0.15, 0.2) is 0 Å². The normalized spacial score (nSPS) is 11.5. The summed E-state index contributed by atoms with van der Waals surface area (Å²) in [5.74, 6) is 0. The Bertz CT molecular complexity index is 699. The molecule has 128 valence electrons. The lowest BCUT2D eigenvalue weighted by Crippen LogP contribution is -2.38. The van der Waals surface area contributed by atoms with Crippen molar-refractivity contribution in [2.24, 2.45) is 0 Å². The minimum absolute atomic E-state index is 0.134. The number of benzene rings is 3. The van der Waals surface area contributed by atoms with Crippen LogP contribution in [0.2, 0.25) is 0 Å². The number of rotatable bonds is 8. The van der Waals surface area contributed by atoms with Gasteiger partial charge < -0.3 is 4.43 Å². The number of hydrogen-bond donors (Lipinski definition) is 0. The van der Waals surface area contributed by atoms with Crippen molar-refractivity contribution in [2.45, 2.75) is 31.3 Å². The molecule has 2 heteroatoms. The molecule has 0 heterocycles. The highest BCUT2D eigenvalue weighted by Crippen LogP contribution is 2.28. The summed E-state index contributed by atoms with van der Waals surface area (Å²) < 4.78 is 6.31. The predicted octanol–water partition coefficient (Wildman–Crippen LogP) is 4.14. The fourth-order valence-electron chi connectivity index (χ4n) is 3.44. The van der Waals surface area contributed by atoms with E-state index in [0.29, 0.717) is 0 Å². The summed E-state index contributed by atoms with van der Waals surface area (Å²) in [4.78, 5) is 0. The molecule has 0 aliphatic carbocycles. The molecule has 0 atom stereocenters. The van der Waals surface area contributed by atoms with Gasteiger partial charge in [0.1, 0.15) is 10.5 Å².